The first-order valence-corrected chi connectivity index (χ1v) is 5.71. The van der Waals surface area contributed by atoms with Crippen LogP contribution in [0.15, 0.2) is 18.3 Å². The standard InChI is InChI=1S/C11H13ClN4/c1-11(2)5-8(11)13-10-14-9-4-3-7(12)6-16(9)15-10/h3-4,6,8H,5H2,1-2H3,(H,13,15). The zero-order valence-corrected chi connectivity index (χ0v) is 9.99. The van der Waals surface area contributed by atoms with E-state index in [1.807, 2.05) is 12.1 Å². The van der Waals surface area contributed by atoms with Gasteiger partial charge >= 0.3 is 0 Å². The van der Waals surface area contributed by atoms with Gasteiger partial charge in [-0.05, 0) is 24.0 Å². The minimum atomic E-state index is 0.370. The van der Waals surface area contributed by atoms with Crippen molar-refractivity contribution in [3.05, 3.63) is 23.4 Å². The minimum Gasteiger partial charge on any atom is -0.350 e. The van der Waals surface area contributed by atoms with Gasteiger partial charge in [-0.15, -0.1) is 5.10 Å². The summed E-state index contributed by atoms with van der Waals surface area (Å²) in [6.45, 7) is 4.47. The highest BCUT2D eigenvalue weighted by molar-refractivity contribution is 6.30. The van der Waals surface area contributed by atoms with Crippen LogP contribution in [0, 0.1) is 5.41 Å². The summed E-state index contributed by atoms with van der Waals surface area (Å²) in [6.07, 6.45) is 2.93. The molecule has 0 saturated heterocycles. The Morgan fingerprint density at radius 2 is 2.25 bits per heavy atom. The molecule has 0 spiro atoms. The van der Waals surface area contributed by atoms with Gasteiger partial charge in [0, 0.05) is 12.2 Å². The number of nitrogens with zero attached hydrogens (tertiary/aromatic N) is 3. The van der Waals surface area contributed by atoms with Crippen LogP contribution in [-0.4, -0.2) is 20.6 Å². The van der Waals surface area contributed by atoms with Crippen LogP contribution in [0.2, 0.25) is 5.02 Å². The molecular formula is C11H13ClN4. The first-order chi connectivity index (χ1) is 7.54. The summed E-state index contributed by atoms with van der Waals surface area (Å²) < 4.78 is 1.69. The molecule has 2 heterocycles. The van der Waals surface area contributed by atoms with E-state index in [9.17, 15) is 0 Å². The van der Waals surface area contributed by atoms with Crippen molar-refractivity contribution < 1.29 is 0 Å². The van der Waals surface area contributed by atoms with Crippen molar-refractivity contribution in [3.63, 3.8) is 0 Å². The molecule has 0 aromatic carbocycles. The fourth-order valence-corrected chi connectivity index (χ4v) is 1.94. The molecule has 1 atom stereocenters. The maximum atomic E-state index is 5.88. The monoisotopic (exact) mass is 236 g/mol. The van der Waals surface area contributed by atoms with E-state index in [0.29, 0.717) is 22.4 Å². The third-order valence-corrected chi connectivity index (χ3v) is 3.34. The first kappa shape index (κ1) is 9.90. The molecule has 1 saturated carbocycles. The molecule has 1 unspecified atom stereocenters. The van der Waals surface area contributed by atoms with Gasteiger partial charge in [0.25, 0.3) is 0 Å². The van der Waals surface area contributed by atoms with E-state index >= 15 is 0 Å². The lowest BCUT2D eigenvalue weighted by atomic mass is 10.2. The molecule has 0 bridgehead atoms. The quantitative estimate of drug-likeness (QED) is 0.872. The van der Waals surface area contributed by atoms with Gasteiger partial charge in [0.05, 0.1) is 5.02 Å². The van der Waals surface area contributed by atoms with Gasteiger partial charge in [0.15, 0.2) is 5.65 Å². The average Bonchev–Trinajstić information content (AvgIpc) is 2.64. The second kappa shape index (κ2) is 3.10. The van der Waals surface area contributed by atoms with E-state index < -0.39 is 0 Å². The number of nitrogens with one attached hydrogen (secondary N) is 1. The molecule has 0 amide bonds. The molecule has 0 aliphatic heterocycles. The Bertz CT molecular complexity index is 546. The summed E-state index contributed by atoms with van der Waals surface area (Å²) in [6, 6.07) is 4.16. The normalized spacial score (nSPS) is 22.3. The molecule has 4 nitrogen and oxygen atoms in total. The molecule has 0 radical (unpaired) electrons. The van der Waals surface area contributed by atoms with Crippen LogP contribution in [0.3, 0.4) is 0 Å². The smallest absolute Gasteiger partial charge is 0.243 e. The van der Waals surface area contributed by atoms with Crippen molar-refractivity contribution >= 4 is 23.2 Å². The number of aromatic nitrogens is 3. The molecule has 5 heteroatoms. The van der Waals surface area contributed by atoms with Crippen molar-refractivity contribution in [1.29, 1.82) is 0 Å². The summed E-state index contributed by atoms with van der Waals surface area (Å²) >= 11 is 5.88. The van der Waals surface area contributed by atoms with Gasteiger partial charge in [-0.1, -0.05) is 25.4 Å². The Kier molecular flexibility index (Phi) is 1.92. The molecule has 16 heavy (non-hydrogen) atoms. The fourth-order valence-electron chi connectivity index (χ4n) is 1.79. The van der Waals surface area contributed by atoms with Gasteiger partial charge in [0.1, 0.15) is 0 Å². The predicted molar refractivity (Wildman–Crippen MR) is 63.8 cm³/mol. The fraction of sp³-hybridized carbons (Fsp3) is 0.455. The number of anilines is 1. The highest BCUT2D eigenvalue weighted by Crippen LogP contribution is 2.46. The zero-order chi connectivity index (χ0) is 11.3. The van der Waals surface area contributed by atoms with Gasteiger partial charge in [-0.25, -0.2) is 4.52 Å². The van der Waals surface area contributed by atoms with E-state index in [-0.39, 0.29) is 0 Å². The van der Waals surface area contributed by atoms with Crippen LogP contribution < -0.4 is 5.32 Å². The summed E-state index contributed by atoms with van der Waals surface area (Å²) in [5, 5.41) is 8.32. The van der Waals surface area contributed by atoms with Crippen molar-refractivity contribution in [2.24, 2.45) is 5.41 Å². The number of halogens is 1. The van der Waals surface area contributed by atoms with Crippen molar-refractivity contribution in [1.82, 2.24) is 14.6 Å². The van der Waals surface area contributed by atoms with Crippen LogP contribution >= 0.6 is 11.6 Å². The second-order valence-electron chi connectivity index (χ2n) is 4.98. The summed E-state index contributed by atoms with van der Waals surface area (Å²) in [7, 11) is 0. The summed E-state index contributed by atoms with van der Waals surface area (Å²) in [5.41, 5.74) is 1.18. The maximum Gasteiger partial charge on any atom is 0.243 e. The Labute approximate surface area is 98.6 Å². The summed E-state index contributed by atoms with van der Waals surface area (Å²) in [4.78, 5) is 4.38. The number of fused-ring (bicyclic) bond motifs is 1. The molecular weight excluding hydrogens is 224 g/mol. The summed E-state index contributed by atoms with van der Waals surface area (Å²) in [5.74, 6) is 0.679. The maximum absolute atomic E-state index is 5.88. The molecule has 1 aliphatic rings. The number of pyridine rings is 1. The van der Waals surface area contributed by atoms with Gasteiger partial charge < -0.3 is 5.32 Å². The lowest BCUT2D eigenvalue weighted by Crippen LogP contribution is -2.09. The topological polar surface area (TPSA) is 42.2 Å². The third kappa shape index (κ3) is 1.63. The van der Waals surface area contributed by atoms with Crippen molar-refractivity contribution in [3.8, 4) is 0 Å². The lowest BCUT2D eigenvalue weighted by molar-refractivity contribution is 0.629. The molecule has 2 aromatic heterocycles. The van der Waals surface area contributed by atoms with Crippen LogP contribution in [-0.2, 0) is 0 Å². The average molecular weight is 237 g/mol. The largest absolute Gasteiger partial charge is 0.350 e. The van der Waals surface area contributed by atoms with E-state index in [1.165, 1.54) is 6.42 Å². The molecule has 3 rings (SSSR count). The van der Waals surface area contributed by atoms with Crippen LogP contribution in [0.25, 0.3) is 5.65 Å². The predicted octanol–water partition coefficient (Wildman–Crippen LogP) is 2.59. The minimum absolute atomic E-state index is 0.370. The van der Waals surface area contributed by atoms with E-state index in [2.05, 4.69) is 29.2 Å². The molecule has 1 N–H and O–H groups in total. The SMILES string of the molecule is CC1(C)CC1Nc1nc2ccc(Cl)cn2n1. The van der Waals surface area contributed by atoms with Gasteiger partial charge in [-0.3, -0.25) is 0 Å². The molecule has 84 valence electrons. The van der Waals surface area contributed by atoms with Gasteiger partial charge in [0.2, 0.25) is 5.95 Å². The molecule has 2 aromatic rings. The van der Waals surface area contributed by atoms with E-state index in [4.69, 9.17) is 11.6 Å². The Balaban J connectivity index is 1.88. The first-order valence-electron chi connectivity index (χ1n) is 5.33. The third-order valence-electron chi connectivity index (χ3n) is 3.11. The van der Waals surface area contributed by atoms with Gasteiger partial charge in [-0.2, -0.15) is 4.98 Å². The van der Waals surface area contributed by atoms with Crippen LogP contribution in [0.1, 0.15) is 20.3 Å². The second-order valence-corrected chi connectivity index (χ2v) is 5.41. The Morgan fingerprint density at radius 1 is 1.50 bits per heavy atom. The number of hydrogen-bond donors (Lipinski definition) is 1. The highest BCUT2D eigenvalue weighted by Gasteiger charge is 2.46. The van der Waals surface area contributed by atoms with Crippen LogP contribution in [0.5, 0.6) is 0 Å². The zero-order valence-electron chi connectivity index (χ0n) is 9.24. The van der Waals surface area contributed by atoms with E-state index in [0.717, 1.165) is 5.65 Å². The Hall–Kier alpha value is -1.29. The molecule has 1 fully saturated rings. The number of hydrogen-bond acceptors (Lipinski definition) is 3. The van der Waals surface area contributed by atoms with Crippen molar-refractivity contribution in [2.75, 3.05) is 5.32 Å². The number of rotatable bonds is 2. The Morgan fingerprint density at radius 3 is 2.94 bits per heavy atom. The highest BCUT2D eigenvalue weighted by atomic mass is 35.5. The lowest BCUT2D eigenvalue weighted by Gasteiger charge is -2.02. The van der Waals surface area contributed by atoms with E-state index in [1.54, 1.807) is 10.7 Å². The molecule has 1 aliphatic carbocycles. The van der Waals surface area contributed by atoms with Crippen molar-refractivity contribution in [2.45, 2.75) is 26.3 Å². The van der Waals surface area contributed by atoms with Crippen LogP contribution in [0.4, 0.5) is 5.95 Å².